The number of fused-ring (bicyclic) bond motifs is 5. The Kier molecular flexibility index (Phi) is 7.18. The van der Waals surface area contributed by atoms with Gasteiger partial charge < -0.3 is 9.32 Å². The Morgan fingerprint density at radius 3 is 1.46 bits per heavy atom. The number of benzene rings is 9. The molecule has 0 fully saturated rings. The molecule has 2 heteroatoms. The summed E-state index contributed by atoms with van der Waals surface area (Å²) in [4.78, 5) is 2.36. The third kappa shape index (κ3) is 5.12. The van der Waals surface area contributed by atoms with Crippen molar-refractivity contribution in [2.24, 2.45) is 0 Å². The number of rotatable bonds is 6. The normalized spacial score (nSPS) is 11.5. The molecule has 10 aromatic rings. The quantitative estimate of drug-likeness (QED) is 0.176. The molecular formula is C50H33NO. The maximum Gasteiger partial charge on any atom is 0.136 e. The van der Waals surface area contributed by atoms with Gasteiger partial charge in [0.2, 0.25) is 0 Å². The minimum Gasteiger partial charge on any atom is -0.456 e. The zero-order valence-electron chi connectivity index (χ0n) is 28.4. The molecule has 0 aliphatic carbocycles. The van der Waals surface area contributed by atoms with Gasteiger partial charge in [0.15, 0.2) is 0 Å². The first-order chi connectivity index (χ1) is 25.8. The molecule has 0 aliphatic heterocycles. The zero-order valence-corrected chi connectivity index (χ0v) is 28.4. The van der Waals surface area contributed by atoms with Crippen LogP contribution in [-0.2, 0) is 0 Å². The topological polar surface area (TPSA) is 16.4 Å². The molecule has 0 atom stereocenters. The maximum absolute atomic E-state index is 6.22. The van der Waals surface area contributed by atoms with Gasteiger partial charge in [-0.2, -0.15) is 0 Å². The van der Waals surface area contributed by atoms with Crippen LogP contribution >= 0.6 is 0 Å². The molecule has 52 heavy (non-hydrogen) atoms. The van der Waals surface area contributed by atoms with Gasteiger partial charge in [-0.25, -0.2) is 0 Å². The molecule has 0 saturated carbocycles. The standard InChI is InChI=1S/C50H33NO/c1-3-17-42-34(11-1)13-8-20-44(42)36-25-29-39(30-26-36)51(41-16-7-15-38(33-41)45-21-9-14-35-12-2-4-18-43(35)45)40-31-27-37(28-32-40)46-22-10-24-49-50(46)47-19-5-6-23-48(47)52-49/h1-33H. The zero-order chi connectivity index (χ0) is 34.4. The summed E-state index contributed by atoms with van der Waals surface area (Å²) in [5.41, 5.74) is 12.2. The highest BCUT2D eigenvalue weighted by molar-refractivity contribution is 6.12. The van der Waals surface area contributed by atoms with Crippen molar-refractivity contribution >= 4 is 60.5 Å². The summed E-state index contributed by atoms with van der Waals surface area (Å²) >= 11 is 0. The molecular weight excluding hydrogens is 631 g/mol. The van der Waals surface area contributed by atoms with E-state index < -0.39 is 0 Å². The Bertz CT molecular complexity index is 2890. The van der Waals surface area contributed by atoms with Crippen molar-refractivity contribution in [3.63, 3.8) is 0 Å². The van der Waals surface area contributed by atoms with E-state index in [1.807, 2.05) is 12.1 Å². The van der Waals surface area contributed by atoms with Gasteiger partial charge in [0.05, 0.1) is 0 Å². The summed E-state index contributed by atoms with van der Waals surface area (Å²) in [6, 6.07) is 71.7. The molecule has 0 amide bonds. The molecule has 0 bridgehead atoms. The lowest BCUT2D eigenvalue weighted by Gasteiger charge is -2.26. The van der Waals surface area contributed by atoms with Crippen LogP contribution in [0.4, 0.5) is 17.1 Å². The van der Waals surface area contributed by atoms with Crippen molar-refractivity contribution in [3.05, 3.63) is 200 Å². The molecule has 1 heterocycles. The first kappa shape index (κ1) is 30.0. The van der Waals surface area contributed by atoms with Crippen LogP contribution in [0.5, 0.6) is 0 Å². The van der Waals surface area contributed by atoms with Gasteiger partial charge in [-0.3, -0.25) is 0 Å². The van der Waals surface area contributed by atoms with Crippen LogP contribution in [0.15, 0.2) is 205 Å². The van der Waals surface area contributed by atoms with Crippen molar-refractivity contribution in [1.29, 1.82) is 0 Å². The average molecular weight is 664 g/mol. The fourth-order valence-corrected chi connectivity index (χ4v) is 7.81. The summed E-state index contributed by atoms with van der Waals surface area (Å²) < 4.78 is 6.22. The van der Waals surface area contributed by atoms with Crippen molar-refractivity contribution in [1.82, 2.24) is 0 Å². The highest BCUT2D eigenvalue weighted by atomic mass is 16.3. The Hall–Kier alpha value is -6.90. The van der Waals surface area contributed by atoms with Gasteiger partial charge >= 0.3 is 0 Å². The van der Waals surface area contributed by atoms with Crippen molar-refractivity contribution in [2.75, 3.05) is 4.90 Å². The van der Waals surface area contributed by atoms with E-state index in [2.05, 4.69) is 193 Å². The van der Waals surface area contributed by atoms with Gasteiger partial charge in [0.25, 0.3) is 0 Å². The van der Waals surface area contributed by atoms with Crippen molar-refractivity contribution < 1.29 is 4.42 Å². The Balaban J connectivity index is 1.10. The summed E-state index contributed by atoms with van der Waals surface area (Å²) in [7, 11) is 0. The number of anilines is 3. The van der Waals surface area contributed by atoms with Gasteiger partial charge in [0, 0.05) is 27.8 Å². The van der Waals surface area contributed by atoms with E-state index in [0.29, 0.717) is 0 Å². The van der Waals surface area contributed by atoms with E-state index in [4.69, 9.17) is 4.42 Å². The van der Waals surface area contributed by atoms with Crippen LogP contribution < -0.4 is 4.90 Å². The molecule has 10 rings (SSSR count). The monoisotopic (exact) mass is 663 g/mol. The molecule has 1 aromatic heterocycles. The molecule has 244 valence electrons. The molecule has 9 aromatic carbocycles. The molecule has 0 unspecified atom stereocenters. The van der Waals surface area contributed by atoms with Crippen LogP contribution in [-0.4, -0.2) is 0 Å². The lowest BCUT2D eigenvalue weighted by atomic mass is 9.97. The van der Waals surface area contributed by atoms with E-state index in [9.17, 15) is 0 Å². The SMILES string of the molecule is c1cc(-c2cccc3ccccc23)cc(N(c2ccc(-c3cccc4ccccc34)cc2)c2ccc(-c3cccc4oc5ccccc5c34)cc2)c1. The average Bonchev–Trinajstić information content (AvgIpc) is 3.60. The summed E-state index contributed by atoms with van der Waals surface area (Å²) in [6.07, 6.45) is 0. The molecule has 0 N–H and O–H groups in total. The number of para-hydroxylation sites is 1. The number of hydrogen-bond donors (Lipinski definition) is 0. The second-order valence-corrected chi connectivity index (χ2v) is 13.3. The summed E-state index contributed by atoms with van der Waals surface area (Å²) in [5.74, 6) is 0. The molecule has 0 saturated heterocycles. The van der Waals surface area contributed by atoms with Crippen LogP contribution in [0.3, 0.4) is 0 Å². The smallest absolute Gasteiger partial charge is 0.136 e. The third-order valence-corrected chi connectivity index (χ3v) is 10.3. The summed E-state index contributed by atoms with van der Waals surface area (Å²) in [5, 5.41) is 7.27. The fraction of sp³-hybridized carbons (Fsp3) is 0. The molecule has 0 radical (unpaired) electrons. The van der Waals surface area contributed by atoms with Crippen molar-refractivity contribution in [3.8, 4) is 33.4 Å². The maximum atomic E-state index is 6.22. The lowest BCUT2D eigenvalue weighted by Crippen LogP contribution is -2.10. The van der Waals surface area contributed by atoms with Crippen LogP contribution in [0.25, 0.3) is 76.9 Å². The van der Waals surface area contributed by atoms with E-state index in [-0.39, 0.29) is 0 Å². The number of furan rings is 1. The first-order valence-electron chi connectivity index (χ1n) is 17.8. The van der Waals surface area contributed by atoms with Gasteiger partial charge in [-0.15, -0.1) is 0 Å². The third-order valence-electron chi connectivity index (χ3n) is 10.3. The highest BCUT2D eigenvalue weighted by Gasteiger charge is 2.17. The second-order valence-electron chi connectivity index (χ2n) is 13.3. The molecule has 0 aliphatic rings. The van der Waals surface area contributed by atoms with Gasteiger partial charge in [-0.05, 0) is 103 Å². The Morgan fingerprint density at radius 2 is 0.788 bits per heavy atom. The molecule has 2 nitrogen and oxygen atoms in total. The number of nitrogens with zero attached hydrogens (tertiary/aromatic N) is 1. The highest BCUT2D eigenvalue weighted by Crippen LogP contribution is 2.41. The van der Waals surface area contributed by atoms with Gasteiger partial charge in [0.1, 0.15) is 11.2 Å². The second kappa shape index (κ2) is 12.5. The lowest BCUT2D eigenvalue weighted by molar-refractivity contribution is 0.669. The Morgan fingerprint density at radius 1 is 0.308 bits per heavy atom. The predicted molar refractivity (Wildman–Crippen MR) is 220 cm³/mol. The van der Waals surface area contributed by atoms with Crippen LogP contribution in [0.1, 0.15) is 0 Å². The minimum absolute atomic E-state index is 0.904. The largest absolute Gasteiger partial charge is 0.456 e. The minimum atomic E-state index is 0.904. The summed E-state index contributed by atoms with van der Waals surface area (Å²) in [6.45, 7) is 0. The molecule has 0 spiro atoms. The fourth-order valence-electron chi connectivity index (χ4n) is 7.81. The first-order valence-corrected chi connectivity index (χ1v) is 17.8. The predicted octanol–water partition coefficient (Wildman–Crippen LogP) is 14.4. The van der Waals surface area contributed by atoms with Crippen LogP contribution in [0.2, 0.25) is 0 Å². The van der Waals surface area contributed by atoms with E-state index in [0.717, 1.165) is 50.1 Å². The Labute approximate surface area is 302 Å². The van der Waals surface area contributed by atoms with Crippen LogP contribution in [0, 0.1) is 0 Å². The number of hydrogen-bond acceptors (Lipinski definition) is 2. The van der Waals surface area contributed by atoms with E-state index in [1.54, 1.807) is 0 Å². The van der Waals surface area contributed by atoms with Crippen molar-refractivity contribution in [2.45, 2.75) is 0 Å². The van der Waals surface area contributed by atoms with E-state index >= 15 is 0 Å². The van der Waals surface area contributed by atoms with Gasteiger partial charge in [-0.1, -0.05) is 152 Å². The van der Waals surface area contributed by atoms with E-state index in [1.165, 1.54) is 43.8 Å².